The fourth-order valence-electron chi connectivity index (χ4n) is 3.09. The van der Waals surface area contributed by atoms with Gasteiger partial charge in [0.1, 0.15) is 17.4 Å². The number of hydrogen-bond donors (Lipinski definition) is 2. The van der Waals surface area contributed by atoms with Crippen LogP contribution >= 0.6 is 0 Å². The lowest BCUT2D eigenvalue weighted by Crippen LogP contribution is -2.12. The van der Waals surface area contributed by atoms with Crippen molar-refractivity contribution >= 4 is 23.1 Å². The van der Waals surface area contributed by atoms with Gasteiger partial charge < -0.3 is 15.4 Å². The van der Waals surface area contributed by atoms with Crippen LogP contribution in [0.3, 0.4) is 0 Å². The second-order valence-electron chi connectivity index (χ2n) is 6.89. The van der Waals surface area contributed by atoms with Crippen LogP contribution in [-0.4, -0.2) is 22.5 Å². The quantitative estimate of drug-likeness (QED) is 0.396. The SMILES string of the molecule is CCOc1ccc(NC(=O)c2cccc(Nc3ccnc(-c4cccc(F)c4)n3)c2)cc1. The van der Waals surface area contributed by atoms with E-state index in [0.717, 1.165) is 5.75 Å². The summed E-state index contributed by atoms with van der Waals surface area (Å²) in [4.78, 5) is 21.3. The van der Waals surface area contributed by atoms with Crippen molar-refractivity contribution in [3.8, 4) is 17.1 Å². The van der Waals surface area contributed by atoms with Gasteiger partial charge in [0.15, 0.2) is 5.82 Å². The number of carbonyl (C=O) groups excluding carboxylic acids is 1. The van der Waals surface area contributed by atoms with E-state index in [4.69, 9.17) is 4.74 Å². The third-order valence-corrected chi connectivity index (χ3v) is 4.56. The molecule has 2 N–H and O–H groups in total. The van der Waals surface area contributed by atoms with Crippen LogP contribution in [0.1, 0.15) is 17.3 Å². The van der Waals surface area contributed by atoms with Gasteiger partial charge in [-0.3, -0.25) is 4.79 Å². The Morgan fingerprint density at radius 3 is 2.56 bits per heavy atom. The fourth-order valence-corrected chi connectivity index (χ4v) is 3.09. The molecule has 1 aromatic heterocycles. The Balaban J connectivity index is 1.47. The molecule has 7 heteroatoms. The highest BCUT2D eigenvalue weighted by Gasteiger charge is 2.09. The lowest BCUT2D eigenvalue weighted by molar-refractivity contribution is 0.102. The molecular formula is C25H21FN4O2. The number of ether oxygens (including phenoxy) is 1. The first-order valence-electron chi connectivity index (χ1n) is 10.1. The number of anilines is 3. The Hall–Kier alpha value is -4.26. The molecular weight excluding hydrogens is 407 g/mol. The predicted molar refractivity (Wildman–Crippen MR) is 123 cm³/mol. The first-order chi connectivity index (χ1) is 15.6. The predicted octanol–water partition coefficient (Wildman–Crippen LogP) is 5.68. The molecule has 1 heterocycles. The number of rotatable bonds is 7. The normalized spacial score (nSPS) is 10.4. The molecule has 0 bridgehead atoms. The minimum atomic E-state index is -0.351. The number of hydrogen-bond acceptors (Lipinski definition) is 5. The van der Waals surface area contributed by atoms with Gasteiger partial charge in [-0.1, -0.05) is 18.2 Å². The Labute approximate surface area is 185 Å². The van der Waals surface area contributed by atoms with Crippen LogP contribution in [0.5, 0.6) is 5.75 Å². The van der Waals surface area contributed by atoms with E-state index in [0.29, 0.717) is 40.8 Å². The van der Waals surface area contributed by atoms with Crippen molar-refractivity contribution in [3.05, 3.63) is 96.4 Å². The van der Waals surface area contributed by atoms with E-state index in [1.807, 2.05) is 25.1 Å². The van der Waals surface area contributed by atoms with E-state index in [9.17, 15) is 9.18 Å². The van der Waals surface area contributed by atoms with Crippen molar-refractivity contribution in [1.29, 1.82) is 0 Å². The summed E-state index contributed by atoms with van der Waals surface area (Å²) in [5, 5.41) is 6.04. The molecule has 4 rings (SSSR count). The Kier molecular flexibility index (Phi) is 6.36. The largest absolute Gasteiger partial charge is 0.494 e. The summed E-state index contributed by atoms with van der Waals surface area (Å²) in [5.74, 6) is 1.10. The summed E-state index contributed by atoms with van der Waals surface area (Å²) in [7, 11) is 0. The first-order valence-corrected chi connectivity index (χ1v) is 10.1. The molecule has 3 aromatic carbocycles. The molecule has 0 fully saturated rings. The van der Waals surface area contributed by atoms with Crippen LogP contribution in [0.2, 0.25) is 0 Å². The monoisotopic (exact) mass is 428 g/mol. The van der Waals surface area contributed by atoms with Gasteiger partial charge in [-0.2, -0.15) is 0 Å². The molecule has 32 heavy (non-hydrogen) atoms. The van der Waals surface area contributed by atoms with Gasteiger partial charge in [-0.25, -0.2) is 14.4 Å². The van der Waals surface area contributed by atoms with Crippen LogP contribution in [-0.2, 0) is 0 Å². The summed E-state index contributed by atoms with van der Waals surface area (Å²) < 4.78 is 18.9. The molecule has 6 nitrogen and oxygen atoms in total. The van der Waals surface area contributed by atoms with Gasteiger partial charge in [-0.05, 0) is 67.6 Å². The minimum absolute atomic E-state index is 0.235. The second-order valence-corrected chi connectivity index (χ2v) is 6.89. The maximum atomic E-state index is 13.5. The minimum Gasteiger partial charge on any atom is -0.494 e. The summed E-state index contributed by atoms with van der Waals surface area (Å²) in [5.41, 5.74) is 2.43. The Bertz CT molecular complexity index is 1230. The average molecular weight is 428 g/mol. The molecule has 0 radical (unpaired) electrons. The van der Waals surface area contributed by atoms with Crippen molar-refractivity contribution in [2.75, 3.05) is 17.2 Å². The number of benzene rings is 3. The molecule has 0 aliphatic rings. The fraction of sp³-hybridized carbons (Fsp3) is 0.0800. The van der Waals surface area contributed by atoms with Crippen LogP contribution in [0.25, 0.3) is 11.4 Å². The van der Waals surface area contributed by atoms with Gasteiger partial charge in [0.2, 0.25) is 0 Å². The summed E-state index contributed by atoms with van der Waals surface area (Å²) in [6, 6.07) is 22.1. The summed E-state index contributed by atoms with van der Waals surface area (Å²) in [6.07, 6.45) is 1.60. The lowest BCUT2D eigenvalue weighted by Gasteiger charge is -2.10. The van der Waals surface area contributed by atoms with E-state index < -0.39 is 0 Å². The van der Waals surface area contributed by atoms with Crippen molar-refractivity contribution in [2.24, 2.45) is 0 Å². The van der Waals surface area contributed by atoms with Crippen LogP contribution in [0, 0.1) is 5.82 Å². The van der Waals surface area contributed by atoms with Crippen molar-refractivity contribution in [3.63, 3.8) is 0 Å². The van der Waals surface area contributed by atoms with E-state index in [1.165, 1.54) is 12.1 Å². The van der Waals surface area contributed by atoms with Gasteiger partial charge in [0.25, 0.3) is 5.91 Å². The van der Waals surface area contributed by atoms with Crippen LogP contribution < -0.4 is 15.4 Å². The Morgan fingerprint density at radius 2 is 1.78 bits per heavy atom. The van der Waals surface area contributed by atoms with Crippen LogP contribution in [0.15, 0.2) is 85.1 Å². The molecule has 0 atom stereocenters. The molecule has 160 valence electrons. The number of amides is 1. The van der Waals surface area contributed by atoms with E-state index in [1.54, 1.807) is 54.7 Å². The third-order valence-electron chi connectivity index (χ3n) is 4.56. The standard InChI is InChI=1S/C25H21FN4O2/c1-2-32-22-11-9-20(10-12-22)29-25(31)18-6-4-8-21(16-18)28-23-13-14-27-24(30-23)17-5-3-7-19(26)15-17/h3-16H,2H2,1H3,(H,29,31)(H,27,28,30). The van der Waals surface area contributed by atoms with Crippen molar-refractivity contribution in [2.45, 2.75) is 6.92 Å². The number of aromatic nitrogens is 2. The zero-order valence-electron chi connectivity index (χ0n) is 17.4. The highest BCUT2D eigenvalue weighted by atomic mass is 19.1. The molecule has 0 saturated heterocycles. The maximum Gasteiger partial charge on any atom is 0.255 e. The third kappa shape index (κ3) is 5.26. The van der Waals surface area contributed by atoms with Crippen molar-refractivity contribution < 1.29 is 13.9 Å². The number of nitrogens with zero attached hydrogens (tertiary/aromatic N) is 2. The highest BCUT2D eigenvalue weighted by Crippen LogP contribution is 2.21. The second kappa shape index (κ2) is 9.70. The van der Waals surface area contributed by atoms with Crippen LogP contribution in [0.4, 0.5) is 21.6 Å². The summed E-state index contributed by atoms with van der Waals surface area (Å²) >= 11 is 0. The number of carbonyl (C=O) groups is 1. The maximum absolute atomic E-state index is 13.5. The zero-order valence-corrected chi connectivity index (χ0v) is 17.4. The Morgan fingerprint density at radius 1 is 0.969 bits per heavy atom. The highest BCUT2D eigenvalue weighted by molar-refractivity contribution is 6.04. The van der Waals surface area contributed by atoms with Gasteiger partial charge >= 0.3 is 0 Å². The topological polar surface area (TPSA) is 76.1 Å². The number of halogens is 1. The molecule has 1 amide bonds. The summed E-state index contributed by atoms with van der Waals surface area (Å²) in [6.45, 7) is 2.50. The van der Waals surface area contributed by atoms with E-state index >= 15 is 0 Å². The average Bonchev–Trinajstić information content (AvgIpc) is 2.81. The van der Waals surface area contributed by atoms with Gasteiger partial charge in [0.05, 0.1) is 6.61 Å². The smallest absolute Gasteiger partial charge is 0.255 e. The molecule has 0 unspecified atom stereocenters. The lowest BCUT2D eigenvalue weighted by atomic mass is 10.1. The van der Waals surface area contributed by atoms with Gasteiger partial charge in [-0.15, -0.1) is 0 Å². The first kappa shape index (κ1) is 21.0. The molecule has 0 aliphatic carbocycles. The number of nitrogens with one attached hydrogen (secondary N) is 2. The zero-order chi connectivity index (χ0) is 22.3. The molecule has 4 aromatic rings. The van der Waals surface area contributed by atoms with Crippen molar-refractivity contribution in [1.82, 2.24) is 9.97 Å². The molecule has 0 aliphatic heterocycles. The molecule has 0 saturated carbocycles. The van der Waals surface area contributed by atoms with Gasteiger partial charge in [0, 0.05) is 28.7 Å². The van der Waals surface area contributed by atoms with E-state index in [2.05, 4.69) is 20.6 Å². The molecule has 0 spiro atoms. The van der Waals surface area contributed by atoms with E-state index in [-0.39, 0.29) is 11.7 Å².